The number of benzene rings is 2. The van der Waals surface area contributed by atoms with Crippen LogP contribution in [0.15, 0.2) is 48.5 Å². The van der Waals surface area contributed by atoms with Gasteiger partial charge in [0.05, 0.1) is 18.3 Å². The van der Waals surface area contributed by atoms with Crippen LogP contribution in [0, 0.1) is 0 Å². The number of carbonyl (C=O) groups excluding carboxylic acids is 1. The molecular weight excluding hydrogens is 390 g/mol. The fourth-order valence-electron chi connectivity index (χ4n) is 3.79. The number of anilines is 2. The van der Waals surface area contributed by atoms with Gasteiger partial charge < -0.3 is 25.2 Å². The van der Waals surface area contributed by atoms with E-state index in [1.807, 2.05) is 45.3 Å². The zero-order chi connectivity index (χ0) is 22.2. The Morgan fingerprint density at radius 3 is 2.39 bits per heavy atom. The van der Waals surface area contributed by atoms with Crippen molar-refractivity contribution in [1.29, 1.82) is 0 Å². The molecule has 1 atom stereocenters. The Bertz CT molecular complexity index is 832. The summed E-state index contributed by atoms with van der Waals surface area (Å²) in [5.74, 6) is 0.676. The van der Waals surface area contributed by atoms with E-state index < -0.39 is 0 Å². The number of nitrogens with zero attached hydrogens (tertiary/aromatic N) is 3. The monoisotopic (exact) mass is 425 g/mol. The van der Waals surface area contributed by atoms with Gasteiger partial charge in [-0.1, -0.05) is 24.3 Å². The van der Waals surface area contributed by atoms with Crippen LogP contribution in [0.25, 0.3) is 0 Å². The van der Waals surface area contributed by atoms with Gasteiger partial charge in [-0.25, -0.2) is 4.79 Å². The van der Waals surface area contributed by atoms with Crippen molar-refractivity contribution in [2.24, 2.45) is 0 Å². The average Bonchev–Trinajstić information content (AvgIpc) is 2.77. The zero-order valence-electron chi connectivity index (χ0n) is 19.1. The number of rotatable bonds is 8. The Morgan fingerprint density at radius 2 is 1.74 bits per heavy atom. The molecule has 3 rings (SSSR count). The Morgan fingerprint density at radius 1 is 1.06 bits per heavy atom. The first kappa shape index (κ1) is 22.9. The molecule has 1 saturated heterocycles. The fourth-order valence-corrected chi connectivity index (χ4v) is 3.79. The first-order valence-electron chi connectivity index (χ1n) is 10.9. The molecule has 1 fully saturated rings. The van der Waals surface area contributed by atoms with Crippen LogP contribution >= 0.6 is 0 Å². The van der Waals surface area contributed by atoms with Gasteiger partial charge in [-0.15, -0.1) is 0 Å². The number of para-hydroxylation sites is 2. The predicted octanol–water partition coefficient (Wildman–Crippen LogP) is 3.26. The highest BCUT2D eigenvalue weighted by Gasteiger charge is 2.24. The molecule has 7 nitrogen and oxygen atoms in total. The second kappa shape index (κ2) is 11.0. The summed E-state index contributed by atoms with van der Waals surface area (Å²) in [6.45, 7) is 7.03. The van der Waals surface area contributed by atoms with Gasteiger partial charge in [0.2, 0.25) is 0 Å². The van der Waals surface area contributed by atoms with E-state index in [4.69, 9.17) is 4.74 Å². The molecule has 0 spiro atoms. The topological polar surface area (TPSA) is 60.1 Å². The summed E-state index contributed by atoms with van der Waals surface area (Å²) in [6.07, 6.45) is 0. The number of urea groups is 1. The van der Waals surface area contributed by atoms with Crippen LogP contribution < -0.4 is 20.3 Å². The van der Waals surface area contributed by atoms with Crippen LogP contribution in [0.4, 0.5) is 16.2 Å². The quantitative estimate of drug-likeness (QED) is 0.680. The molecular formula is C24H35N5O2. The highest BCUT2D eigenvalue weighted by Crippen LogP contribution is 2.25. The fraction of sp³-hybridized carbons (Fsp3) is 0.458. The normalized spacial score (nSPS) is 15.9. The summed E-state index contributed by atoms with van der Waals surface area (Å²) in [7, 11) is 6.23. The molecule has 2 N–H and O–H groups in total. The Kier molecular flexibility index (Phi) is 8.14. The second-order valence-corrected chi connectivity index (χ2v) is 8.11. The van der Waals surface area contributed by atoms with E-state index >= 15 is 0 Å². The van der Waals surface area contributed by atoms with Gasteiger partial charge in [0.25, 0.3) is 0 Å². The van der Waals surface area contributed by atoms with Crippen LogP contribution in [-0.4, -0.2) is 76.3 Å². The zero-order valence-corrected chi connectivity index (χ0v) is 19.1. The predicted molar refractivity (Wildman–Crippen MR) is 127 cm³/mol. The molecule has 1 aliphatic heterocycles. The summed E-state index contributed by atoms with van der Waals surface area (Å²) in [5, 5.41) is 6.00. The van der Waals surface area contributed by atoms with Crippen molar-refractivity contribution >= 4 is 17.4 Å². The smallest absolute Gasteiger partial charge is 0.319 e. The largest absolute Gasteiger partial charge is 0.492 e. The lowest BCUT2D eigenvalue weighted by Crippen LogP contribution is -2.48. The van der Waals surface area contributed by atoms with Crippen molar-refractivity contribution in [2.45, 2.75) is 13.0 Å². The summed E-state index contributed by atoms with van der Waals surface area (Å²) in [4.78, 5) is 19.6. The molecule has 31 heavy (non-hydrogen) atoms. The van der Waals surface area contributed by atoms with Crippen LogP contribution in [0.3, 0.4) is 0 Å². The highest BCUT2D eigenvalue weighted by molar-refractivity contribution is 5.90. The van der Waals surface area contributed by atoms with Gasteiger partial charge >= 0.3 is 6.03 Å². The number of hydrogen-bond acceptors (Lipinski definition) is 5. The highest BCUT2D eigenvalue weighted by atomic mass is 16.5. The Labute approximate surface area is 186 Å². The van der Waals surface area contributed by atoms with Gasteiger partial charge in [-0.3, -0.25) is 4.90 Å². The first-order chi connectivity index (χ1) is 15.0. The van der Waals surface area contributed by atoms with Crippen molar-refractivity contribution in [1.82, 2.24) is 15.1 Å². The number of nitrogens with one attached hydrogen (secondary N) is 2. The SMILES string of the molecule is CCOc1ccccc1NC(=O)NC[C@H](c1ccc(N(C)C)cc1)N1CCN(C)CC1. The minimum Gasteiger partial charge on any atom is -0.492 e. The Hall–Kier alpha value is -2.77. The van der Waals surface area contributed by atoms with Crippen LogP contribution in [-0.2, 0) is 0 Å². The lowest BCUT2D eigenvalue weighted by Gasteiger charge is -2.38. The van der Waals surface area contributed by atoms with Crippen LogP contribution in [0.1, 0.15) is 18.5 Å². The second-order valence-electron chi connectivity index (χ2n) is 8.11. The molecule has 0 bridgehead atoms. The van der Waals surface area contributed by atoms with Crippen molar-refractivity contribution in [3.05, 3.63) is 54.1 Å². The summed E-state index contributed by atoms with van der Waals surface area (Å²) in [6, 6.07) is 16.0. The standard InChI is InChI=1S/C24H35N5O2/c1-5-31-23-9-7-6-8-21(23)26-24(30)25-18-22(29-16-14-28(4)15-17-29)19-10-12-20(13-11-19)27(2)3/h6-13,22H,5,14-18H2,1-4H3,(H2,25,26,30)/t22-/m1/s1. The van der Waals surface area contributed by atoms with Gasteiger partial charge in [-0.05, 0) is 43.8 Å². The molecule has 0 saturated carbocycles. The lowest BCUT2D eigenvalue weighted by molar-refractivity contribution is 0.111. The third-order valence-corrected chi connectivity index (χ3v) is 5.66. The molecule has 7 heteroatoms. The Balaban J connectivity index is 1.69. The van der Waals surface area contributed by atoms with E-state index in [-0.39, 0.29) is 12.1 Å². The van der Waals surface area contributed by atoms with E-state index in [9.17, 15) is 4.79 Å². The number of ether oxygens (including phenoxy) is 1. The van der Waals surface area contributed by atoms with Crippen molar-refractivity contribution in [3.8, 4) is 5.75 Å². The number of hydrogen-bond donors (Lipinski definition) is 2. The van der Waals surface area contributed by atoms with E-state index in [1.54, 1.807) is 0 Å². The van der Waals surface area contributed by atoms with Crippen molar-refractivity contribution in [3.63, 3.8) is 0 Å². The molecule has 0 unspecified atom stereocenters. The molecule has 2 aromatic carbocycles. The van der Waals surface area contributed by atoms with Crippen LogP contribution in [0.2, 0.25) is 0 Å². The maximum Gasteiger partial charge on any atom is 0.319 e. The number of amides is 2. The van der Waals surface area contributed by atoms with E-state index in [1.165, 1.54) is 11.3 Å². The lowest BCUT2D eigenvalue weighted by atomic mass is 10.0. The summed E-state index contributed by atoms with van der Waals surface area (Å²) in [5.41, 5.74) is 3.05. The number of carbonyl (C=O) groups is 1. The molecule has 1 heterocycles. The van der Waals surface area contributed by atoms with Gasteiger partial charge in [-0.2, -0.15) is 0 Å². The van der Waals surface area contributed by atoms with Gasteiger partial charge in [0.15, 0.2) is 0 Å². The molecule has 1 aliphatic rings. The molecule has 0 aromatic heterocycles. The van der Waals surface area contributed by atoms with E-state index in [2.05, 4.69) is 56.6 Å². The van der Waals surface area contributed by atoms with Gasteiger partial charge in [0, 0.05) is 52.5 Å². The maximum atomic E-state index is 12.7. The molecule has 2 aromatic rings. The van der Waals surface area contributed by atoms with Crippen molar-refractivity contribution < 1.29 is 9.53 Å². The molecule has 168 valence electrons. The van der Waals surface area contributed by atoms with E-state index in [0.29, 0.717) is 24.6 Å². The minimum absolute atomic E-state index is 0.123. The minimum atomic E-state index is -0.226. The maximum absolute atomic E-state index is 12.7. The van der Waals surface area contributed by atoms with Crippen molar-refractivity contribution in [2.75, 3.05) is 70.7 Å². The first-order valence-corrected chi connectivity index (χ1v) is 10.9. The third-order valence-electron chi connectivity index (χ3n) is 5.66. The molecule has 2 amide bonds. The van der Waals surface area contributed by atoms with Crippen LogP contribution in [0.5, 0.6) is 5.75 Å². The number of likely N-dealkylation sites (N-methyl/N-ethyl adjacent to an activating group) is 1. The molecule has 0 radical (unpaired) electrons. The third kappa shape index (κ3) is 6.35. The molecule has 0 aliphatic carbocycles. The summed E-state index contributed by atoms with van der Waals surface area (Å²) < 4.78 is 5.61. The van der Waals surface area contributed by atoms with E-state index in [0.717, 1.165) is 26.2 Å². The summed E-state index contributed by atoms with van der Waals surface area (Å²) >= 11 is 0. The number of piperazine rings is 1. The average molecular weight is 426 g/mol. The van der Waals surface area contributed by atoms with Gasteiger partial charge in [0.1, 0.15) is 5.75 Å².